The fourth-order valence-corrected chi connectivity index (χ4v) is 2.37. The molecule has 0 saturated carbocycles. The zero-order chi connectivity index (χ0) is 12.5. The molecule has 0 amide bonds. The second-order valence-electron chi connectivity index (χ2n) is 4.05. The van der Waals surface area contributed by atoms with E-state index in [1.165, 1.54) is 0 Å². The SMILES string of the molecule is CNC(c1ccc(Br)o1)c1cc2ccccc2o1. The van der Waals surface area contributed by atoms with Crippen molar-refractivity contribution >= 4 is 26.9 Å². The molecule has 0 saturated heterocycles. The Morgan fingerprint density at radius 1 is 1.06 bits per heavy atom. The van der Waals surface area contributed by atoms with Crippen molar-refractivity contribution in [2.75, 3.05) is 7.05 Å². The van der Waals surface area contributed by atoms with E-state index in [2.05, 4.69) is 21.2 Å². The van der Waals surface area contributed by atoms with Gasteiger partial charge >= 0.3 is 0 Å². The summed E-state index contributed by atoms with van der Waals surface area (Å²) < 4.78 is 12.1. The number of benzene rings is 1. The molecule has 1 aromatic carbocycles. The summed E-state index contributed by atoms with van der Waals surface area (Å²) >= 11 is 3.31. The first kappa shape index (κ1) is 11.6. The molecule has 92 valence electrons. The van der Waals surface area contributed by atoms with E-state index in [1.807, 2.05) is 49.5 Å². The predicted octanol–water partition coefficient (Wildman–Crippen LogP) is 4.10. The summed E-state index contributed by atoms with van der Waals surface area (Å²) in [5.74, 6) is 1.67. The Balaban J connectivity index is 2.05. The van der Waals surface area contributed by atoms with Gasteiger partial charge in [0, 0.05) is 5.39 Å². The molecule has 1 unspecified atom stereocenters. The van der Waals surface area contributed by atoms with E-state index < -0.39 is 0 Å². The topological polar surface area (TPSA) is 38.3 Å². The highest BCUT2D eigenvalue weighted by Gasteiger charge is 2.19. The van der Waals surface area contributed by atoms with Gasteiger partial charge in [0.15, 0.2) is 4.67 Å². The normalized spacial score (nSPS) is 13.0. The van der Waals surface area contributed by atoms with Crippen molar-refractivity contribution in [1.82, 2.24) is 5.32 Å². The molecule has 0 aliphatic heterocycles. The Hall–Kier alpha value is -1.52. The highest BCUT2D eigenvalue weighted by Crippen LogP contribution is 2.29. The molecular weight excluding hydrogens is 294 g/mol. The van der Waals surface area contributed by atoms with Crippen LogP contribution in [-0.4, -0.2) is 7.05 Å². The summed E-state index contributed by atoms with van der Waals surface area (Å²) in [6, 6.07) is 13.7. The molecule has 3 aromatic rings. The Morgan fingerprint density at radius 3 is 2.56 bits per heavy atom. The first-order chi connectivity index (χ1) is 8.78. The lowest BCUT2D eigenvalue weighted by atomic mass is 10.1. The molecule has 4 heteroatoms. The van der Waals surface area contributed by atoms with E-state index in [0.717, 1.165) is 22.5 Å². The largest absolute Gasteiger partial charge is 0.459 e. The molecule has 0 aliphatic rings. The minimum Gasteiger partial charge on any atom is -0.459 e. The standard InChI is InChI=1S/C14H12BrNO2/c1-16-14(11-6-7-13(15)18-11)12-8-9-4-2-3-5-10(9)17-12/h2-8,14,16H,1H3. The van der Waals surface area contributed by atoms with Crippen LogP contribution in [0.15, 0.2) is 56.0 Å². The molecule has 0 radical (unpaired) electrons. The van der Waals surface area contributed by atoms with Crippen molar-refractivity contribution in [3.8, 4) is 0 Å². The number of para-hydroxylation sites is 1. The van der Waals surface area contributed by atoms with E-state index in [-0.39, 0.29) is 6.04 Å². The third-order valence-corrected chi connectivity index (χ3v) is 3.32. The van der Waals surface area contributed by atoms with E-state index in [9.17, 15) is 0 Å². The lowest BCUT2D eigenvalue weighted by molar-refractivity contribution is 0.405. The summed E-state index contributed by atoms with van der Waals surface area (Å²) in [4.78, 5) is 0. The average molecular weight is 306 g/mol. The van der Waals surface area contributed by atoms with Crippen LogP contribution in [-0.2, 0) is 0 Å². The molecule has 2 heterocycles. The third kappa shape index (κ3) is 1.98. The minimum absolute atomic E-state index is 0.0799. The number of halogens is 1. The molecule has 1 atom stereocenters. The van der Waals surface area contributed by atoms with E-state index in [0.29, 0.717) is 4.67 Å². The molecule has 3 nitrogen and oxygen atoms in total. The van der Waals surface area contributed by atoms with Gasteiger partial charge in [-0.3, -0.25) is 0 Å². The first-order valence-corrected chi connectivity index (χ1v) is 6.48. The van der Waals surface area contributed by atoms with E-state index in [4.69, 9.17) is 8.83 Å². The van der Waals surface area contributed by atoms with Crippen molar-refractivity contribution in [2.45, 2.75) is 6.04 Å². The van der Waals surface area contributed by atoms with Crippen LogP contribution in [0.5, 0.6) is 0 Å². The number of rotatable bonds is 3. The maximum atomic E-state index is 5.85. The fourth-order valence-electron chi connectivity index (χ4n) is 2.05. The maximum Gasteiger partial charge on any atom is 0.169 e. The summed E-state index contributed by atoms with van der Waals surface area (Å²) in [5.41, 5.74) is 0.887. The third-order valence-electron chi connectivity index (χ3n) is 2.90. The number of furan rings is 2. The molecule has 0 spiro atoms. The summed E-state index contributed by atoms with van der Waals surface area (Å²) in [6.45, 7) is 0. The van der Waals surface area contributed by atoms with Gasteiger partial charge in [-0.05, 0) is 47.2 Å². The van der Waals surface area contributed by atoms with Crippen molar-refractivity contribution < 1.29 is 8.83 Å². The van der Waals surface area contributed by atoms with Crippen LogP contribution in [0.3, 0.4) is 0 Å². The maximum absolute atomic E-state index is 5.85. The van der Waals surface area contributed by atoms with Crippen molar-refractivity contribution in [3.63, 3.8) is 0 Å². The van der Waals surface area contributed by atoms with Crippen LogP contribution in [0.2, 0.25) is 0 Å². The van der Waals surface area contributed by atoms with Crippen LogP contribution in [0.1, 0.15) is 17.6 Å². The molecule has 0 aliphatic carbocycles. The van der Waals surface area contributed by atoms with Crippen molar-refractivity contribution in [1.29, 1.82) is 0 Å². The Morgan fingerprint density at radius 2 is 1.89 bits per heavy atom. The number of nitrogens with one attached hydrogen (secondary N) is 1. The minimum atomic E-state index is -0.0799. The van der Waals surface area contributed by atoms with Gasteiger partial charge in [-0.2, -0.15) is 0 Å². The van der Waals surface area contributed by atoms with Gasteiger partial charge in [0.2, 0.25) is 0 Å². The van der Waals surface area contributed by atoms with E-state index >= 15 is 0 Å². The van der Waals surface area contributed by atoms with Crippen LogP contribution in [0.25, 0.3) is 11.0 Å². The second kappa shape index (κ2) is 4.63. The van der Waals surface area contributed by atoms with Gasteiger partial charge in [0.05, 0.1) is 0 Å². The molecular formula is C14H12BrNO2. The Kier molecular flexibility index (Phi) is 2.97. The lowest BCUT2D eigenvalue weighted by Gasteiger charge is -2.09. The zero-order valence-electron chi connectivity index (χ0n) is 9.81. The Labute approximate surface area is 113 Å². The lowest BCUT2D eigenvalue weighted by Crippen LogP contribution is -2.16. The molecule has 3 rings (SSSR count). The van der Waals surface area contributed by atoms with Crippen molar-refractivity contribution in [3.05, 3.63) is 58.7 Å². The summed E-state index contributed by atoms with van der Waals surface area (Å²) in [5, 5.41) is 4.30. The predicted molar refractivity (Wildman–Crippen MR) is 73.5 cm³/mol. The van der Waals surface area contributed by atoms with Gasteiger partial charge in [-0.15, -0.1) is 0 Å². The van der Waals surface area contributed by atoms with Gasteiger partial charge in [0.25, 0.3) is 0 Å². The number of hydrogen-bond acceptors (Lipinski definition) is 3. The van der Waals surface area contributed by atoms with Crippen LogP contribution in [0.4, 0.5) is 0 Å². The van der Waals surface area contributed by atoms with Gasteiger partial charge in [-0.1, -0.05) is 18.2 Å². The monoisotopic (exact) mass is 305 g/mol. The highest BCUT2D eigenvalue weighted by atomic mass is 79.9. The van der Waals surface area contributed by atoms with Crippen LogP contribution in [0, 0.1) is 0 Å². The highest BCUT2D eigenvalue weighted by molar-refractivity contribution is 9.10. The van der Waals surface area contributed by atoms with Crippen LogP contribution < -0.4 is 5.32 Å². The van der Waals surface area contributed by atoms with Gasteiger partial charge in [-0.25, -0.2) is 0 Å². The smallest absolute Gasteiger partial charge is 0.169 e. The molecule has 0 bridgehead atoms. The molecule has 1 N–H and O–H groups in total. The first-order valence-electron chi connectivity index (χ1n) is 5.69. The quantitative estimate of drug-likeness (QED) is 0.792. The molecule has 18 heavy (non-hydrogen) atoms. The zero-order valence-corrected chi connectivity index (χ0v) is 11.4. The summed E-state index contributed by atoms with van der Waals surface area (Å²) in [7, 11) is 1.88. The number of hydrogen-bond donors (Lipinski definition) is 1. The number of fused-ring (bicyclic) bond motifs is 1. The van der Waals surface area contributed by atoms with Crippen molar-refractivity contribution in [2.24, 2.45) is 0 Å². The average Bonchev–Trinajstić information content (AvgIpc) is 2.96. The molecule has 2 aromatic heterocycles. The second-order valence-corrected chi connectivity index (χ2v) is 4.83. The van der Waals surface area contributed by atoms with Gasteiger partial charge in [0.1, 0.15) is 23.1 Å². The summed E-state index contributed by atoms with van der Waals surface area (Å²) in [6.07, 6.45) is 0. The molecule has 0 fully saturated rings. The Bertz CT molecular complexity index is 638. The fraction of sp³-hybridized carbons (Fsp3) is 0.143. The van der Waals surface area contributed by atoms with Gasteiger partial charge < -0.3 is 14.2 Å². The van der Waals surface area contributed by atoms with E-state index in [1.54, 1.807) is 0 Å². The van der Waals surface area contributed by atoms with Crippen LogP contribution >= 0.6 is 15.9 Å².